The van der Waals surface area contributed by atoms with Crippen LogP contribution in [0.2, 0.25) is 0 Å². The summed E-state index contributed by atoms with van der Waals surface area (Å²) in [6, 6.07) is 13.9. The molecule has 2 aromatic heterocycles. The number of nitrogens with one attached hydrogen (secondary N) is 1. The smallest absolute Gasteiger partial charge is 0.158 e. The molecule has 0 bridgehead atoms. The fourth-order valence-electron chi connectivity index (χ4n) is 3.20. The minimum atomic E-state index is -0.170. The number of phenolic OH excluding ortho intramolecular Hbond substituents is 2. The van der Waals surface area contributed by atoms with E-state index in [2.05, 4.69) is 15.3 Å². The van der Waals surface area contributed by atoms with Crippen LogP contribution in [-0.4, -0.2) is 26.5 Å². The number of fused-ring (bicyclic) bond motifs is 1. The molecule has 138 valence electrons. The van der Waals surface area contributed by atoms with Crippen molar-refractivity contribution >= 4 is 28.7 Å². The number of nitrogens with zero attached hydrogens (tertiary/aromatic N) is 2. The molecule has 0 amide bonds. The molecule has 28 heavy (non-hydrogen) atoms. The number of hydrogen-bond donors (Lipinski definition) is 3. The third kappa shape index (κ3) is 3.01. The Balaban J connectivity index is 1.79. The minimum Gasteiger partial charge on any atom is -0.504 e. The monoisotopic (exact) mass is 371 g/mol. The highest BCUT2D eigenvalue weighted by Gasteiger charge is 2.12. The van der Waals surface area contributed by atoms with Gasteiger partial charge in [-0.15, -0.1) is 0 Å². The third-order valence-corrected chi connectivity index (χ3v) is 4.69. The summed E-state index contributed by atoms with van der Waals surface area (Å²) in [7, 11) is 0. The van der Waals surface area contributed by atoms with Gasteiger partial charge in [0, 0.05) is 29.0 Å². The summed E-state index contributed by atoms with van der Waals surface area (Å²) in [5.41, 5.74) is 4.62. The molecule has 0 fully saturated rings. The first-order valence-corrected chi connectivity index (χ1v) is 8.66. The highest BCUT2D eigenvalue weighted by atomic mass is 16.3. The Labute approximate surface area is 161 Å². The lowest BCUT2D eigenvalue weighted by Gasteiger charge is -2.14. The van der Waals surface area contributed by atoms with Crippen LogP contribution in [-0.2, 0) is 0 Å². The molecule has 2 heterocycles. The summed E-state index contributed by atoms with van der Waals surface area (Å²) in [6.07, 6.45) is 4.02. The number of rotatable bonds is 4. The van der Waals surface area contributed by atoms with Crippen LogP contribution in [0, 0.1) is 6.92 Å². The van der Waals surface area contributed by atoms with Crippen LogP contribution in [0.25, 0.3) is 22.0 Å². The van der Waals surface area contributed by atoms with Crippen molar-refractivity contribution in [2.24, 2.45) is 0 Å². The Morgan fingerprint density at radius 2 is 1.79 bits per heavy atom. The largest absolute Gasteiger partial charge is 0.504 e. The lowest BCUT2D eigenvalue weighted by Crippen LogP contribution is -2.00. The van der Waals surface area contributed by atoms with E-state index in [-0.39, 0.29) is 11.5 Å². The summed E-state index contributed by atoms with van der Waals surface area (Å²) in [4.78, 5) is 20.0. The molecular formula is C22H17N3O3. The van der Waals surface area contributed by atoms with Crippen LogP contribution in [0.5, 0.6) is 11.5 Å². The van der Waals surface area contributed by atoms with Gasteiger partial charge in [0.2, 0.25) is 0 Å². The number of pyridine rings is 2. The molecule has 6 nitrogen and oxygen atoms in total. The molecular weight excluding hydrogens is 354 g/mol. The number of carbonyl (C=O) groups excluding carboxylic acids is 1. The van der Waals surface area contributed by atoms with Gasteiger partial charge in [0.25, 0.3) is 0 Å². The first kappa shape index (κ1) is 17.5. The summed E-state index contributed by atoms with van der Waals surface area (Å²) < 4.78 is 0. The topological polar surface area (TPSA) is 95.3 Å². The standard InChI is InChI=1S/C22H17N3O3/c1-13-16(14-5-6-19(27)20(28)11-14)3-2-4-18(13)25-22-21-17(8-10-24-22)15(12-26)7-9-23-21/h2-12,27-28H,1H3,(H,24,25). The van der Waals surface area contributed by atoms with Gasteiger partial charge in [0.15, 0.2) is 23.6 Å². The second kappa shape index (κ2) is 7.00. The van der Waals surface area contributed by atoms with Crippen LogP contribution in [0.3, 0.4) is 0 Å². The molecule has 0 atom stereocenters. The van der Waals surface area contributed by atoms with Crippen molar-refractivity contribution in [2.45, 2.75) is 6.92 Å². The van der Waals surface area contributed by atoms with Crippen molar-refractivity contribution in [1.29, 1.82) is 0 Å². The molecule has 2 aromatic carbocycles. The molecule has 0 aliphatic carbocycles. The maximum absolute atomic E-state index is 11.3. The number of aromatic hydroxyl groups is 2. The first-order valence-electron chi connectivity index (χ1n) is 8.66. The fourth-order valence-corrected chi connectivity index (χ4v) is 3.20. The van der Waals surface area contributed by atoms with Gasteiger partial charge in [-0.3, -0.25) is 9.78 Å². The SMILES string of the molecule is Cc1c(Nc2nccc3c(C=O)ccnc23)cccc1-c1ccc(O)c(O)c1. The molecule has 0 saturated carbocycles. The molecule has 3 N–H and O–H groups in total. The predicted molar refractivity (Wildman–Crippen MR) is 108 cm³/mol. The van der Waals surface area contributed by atoms with Gasteiger partial charge in [-0.25, -0.2) is 4.98 Å². The van der Waals surface area contributed by atoms with Crippen molar-refractivity contribution in [3.63, 3.8) is 0 Å². The van der Waals surface area contributed by atoms with E-state index in [1.807, 2.05) is 25.1 Å². The van der Waals surface area contributed by atoms with E-state index in [4.69, 9.17) is 0 Å². The molecule has 4 aromatic rings. The van der Waals surface area contributed by atoms with Gasteiger partial charge in [-0.1, -0.05) is 18.2 Å². The highest BCUT2D eigenvalue weighted by Crippen LogP contribution is 2.35. The van der Waals surface area contributed by atoms with Crippen molar-refractivity contribution in [1.82, 2.24) is 9.97 Å². The number of aldehydes is 1. The lowest BCUT2D eigenvalue weighted by atomic mass is 9.98. The first-order chi connectivity index (χ1) is 13.6. The van der Waals surface area contributed by atoms with Crippen molar-refractivity contribution < 1.29 is 15.0 Å². The van der Waals surface area contributed by atoms with E-state index in [9.17, 15) is 15.0 Å². The molecule has 0 unspecified atom stereocenters. The second-order valence-corrected chi connectivity index (χ2v) is 6.38. The van der Waals surface area contributed by atoms with Crippen molar-refractivity contribution in [3.05, 3.63) is 72.1 Å². The van der Waals surface area contributed by atoms with Crippen LogP contribution in [0.1, 0.15) is 15.9 Å². The van der Waals surface area contributed by atoms with Crippen LogP contribution in [0.4, 0.5) is 11.5 Å². The Hall–Kier alpha value is -3.93. The quantitative estimate of drug-likeness (QED) is 0.359. The lowest BCUT2D eigenvalue weighted by molar-refractivity contribution is 0.112. The molecule has 0 aliphatic heterocycles. The van der Waals surface area contributed by atoms with Gasteiger partial charge in [-0.2, -0.15) is 0 Å². The summed E-state index contributed by atoms with van der Waals surface area (Å²) in [5, 5.41) is 23.4. The minimum absolute atomic E-state index is 0.160. The number of carbonyl (C=O) groups is 1. The highest BCUT2D eigenvalue weighted by molar-refractivity contribution is 6.00. The number of hydrogen-bond acceptors (Lipinski definition) is 6. The number of anilines is 2. The maximum Gasteiger partial charge on any atom is 0.158 e. The van der Waals surface area contributed by atoms with Gasteiger partial charge >= 0.3 is 0 Å². The third-order valence-electron chi connectivity index (χ3n) is 4.69. The van der Waals surface area contributed by atoms with Crippen LogP contribution >= 0.6 is 0 Å². The Morgan fingerprint density at radius 3 is 2.57 bits per heavy atom. The maximum atomic E-state index is 11.3. The van der Waals surface area contributed by atoms with Crippen LogP contribution < -0.4 is 5.32 Å². The Morgan fingerprint density at radius 1 is 0.964 bits per heavy atom. The fraction of sp³-hybridized carbons (Fsp3) is 0.0455. The van der Waals surface area contributed by atoms with Gasteiger partial charge in [0.05, 0.1) is 0 Å². The number of aromatic nitrogens is 2. The van der Waals surface area contributed by atoms with Gasteiger partial charge in [0.1, 0.15) is 5.52 Å². The predicted octanol–water partition coefficient (Wildman–Crippen LogP) is 4.57. The van der Waals surface area contributed by atoms with Gasteiger partial charge in [-0.05, 0) is 53.9 Å². The molecule has 0 radical (unpaired) electrons. The zero-order valence-electron chi connectivity index (χ0n) is 15.0. The van der Waals surface area contributed by atoms with E-state index >= 15 is 0 Å². The van der Waals surface area contributed by atoms with Crippen LogP contribution in [0.15, 0.2) is 60.9 Å². The Bertz CT molecular complexity index is 1200. The van der Waals surface area contributed by atoms with Gasteiger partial charge < -0.3 is 15.5 Å². The average molecular weight is 371 g/mol. The second-order valence-electron chi connectivity index (χ2n) is 6.38. The summed E-state index contributed by atoms with van der Waals surface area (Å²) in [5.74, 6) is 0.222. The molecule has 0 saturated heterocycles. The molecule has 4 rings (SSSR count). The van der Waals surface area contributed by atoms with E-state index in [1.54, 1.807) is 30.6 Å². The van der Waals surface area contributed by atoms with E-state index in [0.717, 1.165) is 34.1 Å². The number of phenols is 2. The molecule has 0 aliphatic rings. The Kier molecular flexibility index (Phi) is 4.37. The normalized spacial score (nSPS) is 10.8. The van der Waals surface area contributed by atoms with Crippen molar-refractivity contribution in [2.75, 3.05) is 5.32 Å². The van der Waals surface area contributed by atoms with Crippen molar-refractivity contribution in [3.8, 4) is 22.6 Å². The number of benzene rings is 2. The van der Waals surface area contributed by atoms with E-state index in [0.29, 0.717) is 16.9 Å². The molecule has 0 spiro atoms. The summed E-state index contributed by atoms with van der Waals surface area (Å²) in [6.45, 7) is 1.96. The average Bonchev–Trinajstić information content (AvgIpc) is 2.71. The van der Waals surface area contributed by atoms with E-state index < -0.39 is 0 Å². The zero-order valence-corrected chi connectivity index (χ0v) is 15.0. The zero-order chi connectivity index (χ0) is 19.7. The summed E-state index contributed by atoms with van der Waals surface area (Å²) >= 11 is 0. The van der Waals surface area contributed by atoms with E-state index in [1.165, 1.54) is 12.1 Å². The molecule has 6 heteroatoms.